The minimum Gasteiger partial charge on any atom is -0.273 e. The molecule has 5 fully saturated rings. The predicted molar refractivity (Wildman–Crippen MR) is 94.2 cm³/mol. The zero-order valence-electron chi connectivity index (χ0n) is 14.5. The maximum absolute atomic E-state index is 12.9. The molecule has 0 heterocycles. The normalized spacial score (nSPS) is 40.6. The molecule has 0 unspecified atom stereocenters. The van der Waals surface area contributed by atoms with Crippen LogP contribution in [0.5, 0.6) is 0 Å². The summed E-state index contributed by atoms with van der Waals surface area (Å²) in [5.41, 5.74) is 6.54. The Morgan fingerprint density at radius 3 is 2.04 bits per heavy atom. The molecule has 1 aromatic rings. The lowest BCUT2D eigenvalue weighted by Crippen LogP contribution is -2.56. The van der Waals surface area contributed by atoms with Gasteiger partial charge in [-0.15, -0.1) is 0 Å². The highest BCUT2D eigenvalue weighted by Crippen LogP contribution is 2.60. The number of amides is 2. The smallest absolute Gasteiger partial charge is 0.244 e. The van der Waals surface area contributed by atoms with Gasteiger partial charge >= 0.3 is 0 Å². The lowest BCUT2D eigenvalue weighted by atomic mass is 9.49. The summed E-state index contributed by atoms with van der Waals surface area (Å²) in [5.74, 6) is 2.54. The van der Waals surface area contributed by atoms with E-state index in [1.54, 1.807) is 0 Å². The van der Waals surface area contributed by atoms with Crippen LogP contribution in [0, 0.1) is 29.1 Å². The quantitative estimate of drug-likeness (QED) is 0.832. The second-order valence-corrected chi connectivity index (χ2v) is 9.00. The molecule has 0 aliphatic heterocycles. The molecule has 1 aromatic carbocycles. The third kappa shape index (κ3) is 2.66. The van der Waals surface area contributed by atoms with Gasteiger partial charge in [-0.25, -0.2) is 0 Å². The van der Waals surface area contributed by atoms with Gasteiger partial charge < -0.3 is 0 Å². The number of hydrogen-bond acceptors (Lipinski definition) is 2. The first-order valence-corrected chi connectivity index (χ1v) is 9.78. The van der Waals surface area contributed by atoms with E-state index in [1.165, 1.54) is 24.8 Å². The Balaban J connectivity index is 1.18. The van der Waals surface area contributed by atoms with Gasteiger partial charge in [-0.1, -0.05) is 30.3 Å². The molecular formula is C21H26N2O2. The predicted octanol–water partition coefficient (Wildman–Crippen LogP) is 3.15. The second-order valence-electron chi connectivity index (χ2n) is 9.00. The number of rotatable bonds is 3. The van der Waals surface area contributed by atoms with Gasteiger partial charge in [0.25, 0.3) is 0 Å². The fourth-order valence-corrected chi connectivity index (χ4v) is 6.29. The van der Waals surface area contributed by atoms with Crippen LogP contribution in [0.3, 0.4) is 0 Å². The van der Waals surface area contributed by atoms with Crippen molar-refractivity contribution in [2.24, 2.45) is 29.1 Å². The van der Waals surface area contributed by atoms with Crippen molar-refractivity contribution in [3.05, 3.63) is 35.9 Å². The summed E-state index contributed by atoms with van der Waals surface area (Å²) in [4.78, 5) is 25.3. The Labute approximate surface area is 148 Å². The van der Waals surface area contributed by atoms with E-state index in [1.807, 2.05) is 18.2 Å². The summed E-state index contributed by atoms with van der Waals surface area (Å²) in [6.07, 6.45) is 7.91. The Bertz CT molecular complexity index is 664. The number of hydrazine groups is 1. The van der Waals surface area contributed by atoms with Crippen LogP contribution in [-0.4, -0.2) is 11.8 Å². The van der Waals surface area contributed by atoms with Crippen LogP contribution in [-0.2, 0) is 9.59 Å². The summed E-state index contributed by atoms with van der Waals surface area (Å²) in [6.45, 7) is 0. The van der Waals surface area contributed by atoms with E-state index in [2.05, 4.69) is 23.0 Å². The van der Waals surface area contributed by atoms with Crippen molar-refractivity contribution >= 4 is 11.8 Å². The van der Waals surface area contributed by atoms with Crippen LogP contribution in [0.4, 0.5) is 0 Å². The second kappa shape index (κ2) is 5.58. The molecule has 2 amide bonds. The van der Waals surface area contributed by atoms with Crippen LogP contribution in [0.1, 0.15) is 56.4 Å². The molecule has 0 aromatic heterocycles. The van der Waals surface area contributed by atoms with E-state index < -0.39 is 0 Å². The first-order chi connectivity index (χ1) is 12.1. The molecule has 5 saturated carbocycles. The summed E-state index contributed by atoms with van der Waals surface area (Å²) in [5, 5.41) is 0. The molecule has 5 aliphatic carbocycles. The minimum atomic E-state index is -0.204. The van der Waals surface area contributed by atoms with Crippen LogP contribution in [0.25, 0.3) is 0 Å². The Hall–Kier alpha value is -1.84. The van der Waals surface area contributed by atoms with Crippen molar-refractivity contribution < 1.29 is 9.59 Å². The standard InChI is InChI=1S/C21H26N2O2/c24-19(18-9-17(18)16-4-2-1-3-5-16)22-23-20(25)21-10-13-6-14(11-21)8-15(7-13)12-21/h1-5,13-15,17-18H,6-12H2,(H,22,24)(H,23,25)/t13?,14?,15?,17-,18+,21?/m1/s1. The minimum absolute atomic E-state index is 0.000868. The molecule has 25 heavy (non-hydrogen) atoms. The Kier molecular flexibility index (Phi) is 3.44. The van der Waals surface area contributed by atoms with Crippen LogP contribution >= 0.6 is 0 Å². The van der Waals surface area contributed by atoms with Crippen molar-refractivity contribution in [3.8, 4) is 0 Å². The van der Waals surface area contributed by atoms with E-state index in [9.17, 15) is 9.59 Å². The highest BCUT2D eigenvalue weighted by Gasteiger charge is 2.55. The fraction of sp³-hybridized carbons (Fsp3) is 0.619. The SMILES string of the molecule is O=C(NNC(=O)C12CC3CC(CC(C3)C1)C2)[C@H]1C[C@@H]1c1ccccc1. The zero-order chi connectivity index (χ0) is 17.0. The molecule has 2 atom stereocenters. The Morgan fingerprint density at radius 2 is 1.44 bits per heavy atom. The highest BCUT2D eigenvalue weighted by atomic mass is 16.2. The maximum atomic E-state index is 12.9. The molecule has 0 spiro atoms. The van der Waals surface area contributed by atoms with Gasteiger partial charge in [-0.3, -0.25) is 20.4 Å². The van der Waals surface area contributed by atoms with Crippen molar-refractivity contribution in [1.29, 1.82) is 0 Å². The summed E-state index contributed by atoms with van der Waals surface area (Å²) in [7, 11) is 0. The first kappa shape index (κ1) is 15.4. The van der Waals surface area contributed by atoms with Gasteiger partial charge in [0.05, 0.1) is 5.41 Å². The molecule has 132 valence electrons. The molecule has 6 rings (SSSR count). The molecule has 0 saturated heterocycles. The Morgan fingerprint density at radius 1 is 0.840 bits per heavy atom. The lowest BCUT2D eigenvalue weighted by Gasteiger charge is -2.55. The highest BCUT2D eigenvalue weighted by molar-refractivity contribution is 5.88. The van der Waals surface area contributed by atoms with E-state index >= 15 is 0 Å². The zero-order valence-corrected chi connectivity index (χ0v) is 14.5. The first-order valence-electron chi connectivity index (χ1n) is 9.78. The van der Waals surface area contributed by atoms with Gasteiger partial charge in [0, 0.05) is 5.92 Å². The average molecular weight is 338 g/mol. The molecule has 5 aliphatic rings. The van der Waals surface area contributed by atoms with Gasteiger partial charge in [0.1, 0.15) is 0 Å². The molecule has 4 nitrogen and oxygen atoms in total. The largest absolute Gasteiger partial charge is 0.273 e. The maximum Gasteiger partial charge on any atom is 0.244 e. The van der Waals surface area contributed by atoms with E-state index in [4.69, 9.17) is 0 Å². The van der Waals surface area contributed by atoms with Crippen molar-refractivity contribution in [2.45, 2.75) is 50.9 Å². The summed E-state index contributed by atoms with van der Waals surface area (Å²) >= 11 is 0. The van der Waals surface area contributed by atoms with Gasteiger partial charge in [-0.2, -0.15) is 0 Å². The van der Waals surface area contributed by atoms with E-state index in [0.717, 1.165) is 43.4 Å². The summed E-state index contributed by atoms with van der Waals surface area (Å²) in [6, 6.07) is 10.2. The fourth-order valence-electron chi connectivity index (χ4n) is 6.29. The number of carbonyl (C=O) groups is 2. The van der Waals surface area contributed by atoms with Gasteiger partial charge in [0.2, 0.25) is 11.8 Å². The number of benzene rings is 1. The van der Waals surface area contributed by atoms with E-state index in [-0.39, 0.29) is 23.1 Å². The number of carbonyl (C=O) groups excluding carboxylic acids is 2. The monoisotopic (exact) mass is 338 g/mol. The van der Waals surface area contributed by atoms with Crippen molar-refractivity contribution in [2.75, 3.05) is 0 Å². The van der Waals surface area contributed by atoms with Gasteiger partial charge in [-0.05, 0) is 74.2 Å². The number of nitrogens with one attached hydrogen (secondary N) is 2. The lowest BCUT2D eigenvalue weighted by molar-refractivity contribution is -0.149. The van der Waals surface area contributed by atoms with Gasteiger partial charge in [0.15, 0.2) is 0 Å². The van der Waals surface area contributed by atoms with Crippen LogP contribution in [0.2, 0.25) is 0 Å². The number of hydrogen-bond donors (Lipinski definition) is 2. The third-order valence-corrected chi connectivity index (χ3v) is 7.17. The molecule has 4 heteroatoms. The van der Waals surface area contributed by atoms with Crippen molar-refractivity contribution in [3.63, 3.8) is 0 Å². The summed E-state index contributed by atoms with van der Waals surface area (Å²) < 4.78 is 0. The van der Waals surface area contributed by atoms with Crippen LogP contribution < -0.4 is 10.9 Å². The topological polar surface area (TPSA) is 58.2 Å². The molecular weight excluding hydrogens is 312 g/mol. The van der Waals surface area contributed by atoms with E-state index in [0.29, 0.717) is 5.92 Å². The molecule has 0 radical (unpaired) electrons. The molecule has 2 N–H and O–H groups in total. The third-order valence-electron chi connectivity index (χ3n) is 7.17. The van der Waals surface area contributed by atoms with Crippen molar-refractivity contribution in [1.82, 2.24) is 10.9 Å². The molecule has 4 bridgehead atoms. The van der Waals surface area contributed by atoms with Crippen LogP contribution in [0.15, 0.2) is 30.3 Å². The average Bonchev–Trinajstić information content (AvgIpc) is 3.40.